The molecule has 0 radical (unpaired) electrons. The Hall–Kier alpha value is -3.22. The minimum Gasteiger partial charge on any atom is -0.345 e. The van der Waals surface area contributed by atoms with Crippen LogP contribution in [0.1, 0.15) is 17.1 Å². The molecule has 7 heteroatoms. The predicted molar refractivity (Wildman–Crippen MR) is 95.3 cm³/mol. The molecule has 0 unspecified atom stereocenters. The van der Waals surface area contributed by atoms with E-state index in [0.29, 0.717) is 22.8 Å². The summed E-state index contributed by atoms with van der Waals surface area (Å²) in [5.41, 5.74) is 3.46. The average molecular weight is 337 g/mol. The molecule has 0 spiro atoms. The van der Waals surface area contributed by atoms with E-state index >= 15 is 0 Å². The maximum Gasteiger partial charge on any atom is 0.256 e. The largest absolute Gasteiger partial charge is 0.345 e. The fourth-order valence-corrected chi connectivity index (χ4v) is 2.55. The van der Waals surface area contributed by atoms with Crippen LogP contribution in [-0.4, -0.2) is 25.4 Å². The SMILES string of the molecule is Cc1c(CC(=O)Nc2ccc(-c3cnc[nH]3)cc2)nc(C)n(C)c1=O. The van der Waals surface area contributed by atoms with Crippen molar-refractivity contribution >= 4 is 11.6 Å². The highest BCUT2D eigenvalue weighted by Crippen LogP contribution is 2.18. The molecule has 0 atom stereocenters. The number of nitrogens with zero attached hydrogens (tertiary/aromatic N) is 3. The van der Waals surface area contributed by atoms with E-state index in [0.717, 1.165) is 11.3 Å². The van der Waals surface area contributed by atoms with Crippen LogP contribution in [-0.2, 0) is 18.3 Å². The minimum atomic E-state index is -0.211. The summed E-state index contributed by atoms with van der Waals surface area (Å²) in [5, 5.41) is 2.83. The molecule has 0 fully saturated rings. The van der Waals surface area contributed by atoms with Crippen LogP contribution in [0, 0.1) is 13.8 Å². The summed E-state index contributed by atoms with van der Waals surface area (Å²) in [6.07, 6.45) is 3.41. The first-order valence-electron chi connectivity index (χ1n) is 7.87. The summed E-state index contributed by atoms with van der Waals surface area (Å²) < 4.78 is 1.48. The van der Waals surface area contributed by atoms with Gasteiger partial charge in [0.2, 0.25) is 5.91 Å². The molecule has 0 aliphatic heterocycles. The van der Waals surface area contributed by atoms with Crippen molar-refractivity contribution in [3.8, 4) is 11.3 Å². The van der Waals surface area contributed by atoms with E-state index in [1.165, 1.54) is 4.57 Å². The van der Waals surface area contributed by atoms with Gasteiger partial charge in [0.15, 0.2) is 0 Å². The number of carbonyl (C=O) groups is 1. The van der Waals surface area contributed by atoms with Gasteiger partial charge in [0.25, 0.3) is 5.56 Å². The summed E-state index contributed by atoms with van der Waals surface area (Å²) in [6.45, 7) is 3.44. The molecule has 3 rings (SSSR count). The Labute approximate surface area is 144 Å². The van der Waals surface area contributed by atoms with Crippen LogP contribution < -0.4 is 10.9 Å². The molecule has 128 valence electrons. The van der Waals surface area contributed by atoms with E-state index in [1.54, 1.807) is 33.4 Å². The van der Waals surface area contributed by atoms with Crippen molar-refractivity contribution in [1.82, 2.24) is 19.5 Å². The summed E-state index contributed by atoms with van der Waals surface area (Å²) in [4.78, 5) is 35.7. The highest BCUT2D eigenvalue weighted by molar-refractivity contribution is 5.92. The topological polar surface area (TPSA) is 92.7 Å². The Morgan fingerprint density at radius 2 is 1.96 bits per heavy atom. The molecule has 2 aromatic heterocycles. The van der Waals surface area contributed by atoms with E-state index < -0.39 is 0 Å². The number of aryl methyl sites for hydroxylation is 1. The van der Waals surface area contributed by atoms with Gasteiger partial charge in [0.1, 0.15) is 5.82 Å². The van der Waals surface area contributed by atoms with Crippen molar-refractivity contribution < 1.29 is 4.79 Å². The van der Waals surface area contributed by atoms with Crippen LogP contribution in [0.2, 0.25) is 0 Å². The van der Waals surface area contributed by atoms with Gasteiger partial charge in [-0.1, -0.05) is 12.1 Å². The van der Waals surface area contributed by atoms with Crippen LogP contribution in [0.4, 0.5) is 5.69 Å². The summed E-state index contributed by atoms with van der Waals surface area (Å²) in [6, 6.07) is 7.44. The van der Waals surface area contributed by atoms with Crippen LogP contribution in [0.25, 0.3) is 11.3 Å². The van der Waals surface area contributed by atoms with Gasteiger partial charge in [-0.05, 0) is 31.5 Å². The fraction of sp³-hybridized carbons (Fsp3) is 0.222. The van der Waals surface area contributed by atoms with Crippen molar-refractivity contribution in [2.75, 3.05) is 5.32 Å². The van der Waals surface area contributed by atoms with Gasteiger partial charge < -0.3 is 10.3 Å². The smallest absolute Gasteiger partial charge is 0.256 e. The third kappa shape index (κ3) is 3.50. The molecule has 0 aliphatic carbocycles. The monoisotopic (exact) mass is 337 g/mol. The fourth-order valence-electron chi connectivity index (χ4n) is 2.55. The third-order valence-electron chi connectivity index (χ3n) is 4.15. The quantitative estimate of drug-likeness (QED) is 0.761. The molecular formula is C18H19N5O2. The number of carbonyl (C=O) groups excluding carboxylic acids is 1. The normalized spacial score (nSPS) is 10.7. The maximum atomic E-state index is 12.3. The Bertz CT molecular complexity index is 956. The number of anilines is 1. The van der Waals surface area contributed by atoms with Gasteiger partial charge in [0, 0.05) is 18.3 Å². The zero-order chi connectivity index (χ0) is 18.0. The molecule has 25 heavy (non-hydrogen) atoms. The highest BCUT2D eigenvalue weighted by Gasteiger charge is 2.13. The van der Waals surface area contributed by atoms with Crippen molar-refractivity contribution in [3.05, 3.63) is 64.2 Å². The Morgan fingerprint density at radius 1 is 1.24 bits per heavy atom. The lowest BCUT2D eigenvalue weighted by molar-refractivity contribution is -0.115. The predicted octanol–water partition coefficient (Wildman–Crippen LogP) is 1.97. The van der Waals surface area contributed by atoms with Gasteiger partial charge in [-0.3, -0.25) is 14.2 Å². The standard InChI is InChI=1S/C18H19N5O2/c1-11-15(21-12(2)23(3)18(11)25)8-17(24)22-14-6-4-13(5-7-14)16-9-19-10-20-16/h4-7,9-10H,8H2,1-3H3,(H,19,20)(H,22,24). The van der Waals surface area contributed by atoms with Crippen LogP contribution in [0.3, 0.4) is 0 Å². The zero-order valence-corrected chi connectivity index (χ0v) is 14.3. The number of hydrogen-bond donors (Lipinski definition) is 2. The van der Waals surface area contributed by atoms with Crippen LogP contribution in [0.15, 0.2) is 41.6 Å². The molecule has 7 nitrogen and oxygen atoms in total. The number of aromatic nitrogens is 4. The number of aromatic amines is 1. The van der Waals surface area contributed by atoms with Crippen molar-refractivity contribution in [2.24, 2.45) is 7.05 Å². The second kappa shape index (κ2) is 6.72. The van der Waals surface area contributed by atoms with Crippen LogP contribution in [0.5, 0.6) is 0 Å². The average Bonchev–Trinajstić information content (AvgIpc) is 3.13. The molecule has 1 aromatic carbocycles. The van der Waals surface area contributed by atoms with E-state index in [1.807, 2.05) is 24.3 Å². The number of rotatable bonds is 4. The molecule has 0 bridgehead atoms. The molecule has 1 amide bonds. The lowest BCUT2D eigenvalue weighted by Gasteiger charge is -2.10. The number of nitrogens with one attached hydrogen (secondary N) is 2. The molecule has 3 aromatic rings. The summed E-state index contributed by atoms with van der Waals surface area (Å²) in [5.74, 6) is 0.375. The number of imidazole rings is 1. The van der Waals surface area contributed by atoms with Gasteiger partial charge in [0.05, 0.1) is 30.3 Å². The number of benzene rings is 1. The summed E-state index contributed by atoms with van der Waals surface area (Å²) >= 11 is 0. The Morgan fingerprint density at radius 3 is 2.60 bits per heavy atom. The molecule has 2 N–H and O–H groups in total. The first kappa shape index (κ1) is 16.6. The van der Waals surface area contributed by atoms with E-state index in [-0.39, 0.29) is 17.9 Å². The van der Waals surface area contributed by atoms with Crippen molar-refractivity contribution in [3.63, 3.8) is 0 Å². The molecule has 0 aliphatic rings. The van der Waals surface area contributed by atoms with Crippen molar-refractivity contribution in [2.45, 2.75) is 20.3 Å². The maximum absolute atomic E-state index is 12.3. The van der Waals surface area contributed by atoms with E-state index in [2.05, 4.69) is 20.3 Å². The molecule has 2 heterocycles. The highest BCUT2D eigenvalue weighted by atomic mass is 16.1. The lowest BCUT2D eigenvalue weighted by atomic mass is 10.1. The number of H-pyrrole nitrogens is 1. The van der Waals surface area contributed by atoms with Gasteiger partial charge in [-0.15, -0.1) is 0 Å². The Balaban J connectivity index is 1.72. The minimum absolute atomic E-state index is 0.0606. The van der Waals surface area contributed by atoms with E-state index in [9.17, 15) is 9.59 Å². The lowest BCUT2D eigenvalue weighted by Crippen LogP contribution is -2.27. The Kier molecular flexibility index (Phi) is 4.47. The third-order valence-corrected chi connectivity index (χ3v) is 4.15. The first-order valence-corrected chi connectivity index (χ1v) is 7.87. The number of hydrogen-bond acceptors (Lipinski definition) is 4. The first-order chi connectivity index (χ1) is 12.0. The van der Waals surface area contributed by atoms with E-state index in [4.69, 9.17) is 0 Å². The van der Waals surface area contributed by atoms with Gasteiger partial charge >= 0.3 is 0 Å². The van der Waals surface area contributed by atoms with Crippen molar-refractivity contribution in [1.29, 1.82) is 0 Å². The van der Waals surface area contributed by atoms with Crippen LogP contribution >= 0.6 is 0 Å². The number of amides is 1. The molecule has 0 saturated heterocycles. The molecule has 0 saturated carbocycles. The van der Waals surface area contributed by atoms with Gasteiger partial charge in [-0.2, -0.15) is 0 Å². The second-order valence-electron chi connectivity index (χ2n) is 5.86. The van der Waals surface area contributed by atoms with Gasteiger partial charge in [-0.25, -0.2) is 9.97 Å². The summed E-state index contributed by atoms with van der Waals surface area (Å²) in [7, 11) is 1.67. The zero-order valence-electron chi connectivity index (χ0n) is 14.3. The molecular weight excluding hydrogens is 318 g/mol. The second-order valence-corrected chi connectivity index (χ2v) is 5.86.